The van der Waals surface area contributed by atoms with Gasteiger partial charge in [0.25, 0.3) is 0 Å². The second kappa shape index (κ2) is 5.03. The zero-order valence-corrected chi connectivity index (χ0v) is 11.3. The van der Waals surface area contributed by atoms with Gasteiger partial charge in [-0.15, -0.1) is 11.3 Å². The van der Waals surface area contributed by atoms with Gasteiger partial charge in [0.05, 0.1) is 5.69 Å². The minimum absolute atomic E-state index is 0.394. The number of aliphatic carboxylic acids is 1. The molecule has 20 heavy (non-hydrogen) atoms. The Bertz CT molecular complexity index is 777. The van der Waals surface area contributed by atoms with Crippen LogP contribution in [0.25, 0.3) is 21.3 Å². The molecule has 4 nitrogen and oxygen atoms in total. The first kappa shape index (κ1) is 12.8. The number of hydrogen-bond donors (Lipinski definition) is 2. The summed E-state index contributed by atoms with van der Waals surface area (Å²) < 4.78 is 0. The summed E-state index contributed by atoms with van der Waals surface area (Å²) >= 11 is 1.41. The molecule has 0 bridgehead atoms. The Morgan fingerprint density at radius 3 is 2.75 bits per heavy atom. The summed E-state index contributed by atoms with van der Waals surface area (Å²) in [5.41, 5.74) is 6.98. The molecule has 3 rings (SSSR count). The van der Waals surface area contributed by atoms with Crippen molar-refractivity contribution in [2.24, 2.45) is 5.73 Å². The van der Waals surface area contributed by atoms with Crippen LogP contribution in [0.4, 0.5) is 0 Å². The lowest BCUT2D eigenvalue weighted by atomic mass is 10.1. The van der Waals surface area contributed by atoms with Crippen molar-refractivity contribution in [2.75, 3.05) is 0 Å². The fourth-order valence-electron chi connectivity index (χ4n) is 2.09. The maximum atomic E-state index is 10.9. The van der Waals surface area contributed by atoms with Crippen LogP contribution in [0.1, 0.15) is 11.7 Å². The lowest BCUT2D eigenvalue weighted by Crippen LogP contribution is -2.20. The molecule has 0 amide bonds. The highest BCUT2D eigenvalue weighted by molar-refractivity contribution is 7.13. The average molecular weight is 284 g/mol. The molecule has 0 aliphatic rings. The van der Waals surface area contributed by atoms with E-state index in [-0.39, 0.29) is 0 Å². The number of fused-ring (bicyclic) bond motifs is 1. The number of nitrogens with two attached hydrogens (primary N) is 1. The van der Waals surface area contributed by atoms with Crippen LogP contribution in [0.2, 0.25) is 0 Å². The minimum Gasteiger partial charge on any atom is -0.480 e. The van der Waals surface area contributed by atoms with Gasteiger partial charge in [0.15, 0.2) is 0 Å². The molecule has 0 fully saturated rings. The Morgan fingerprint density at radius 1 is 1.20 bits per heavy atom. The first-order valence-corrected chi connectivity index (χ1v) is 6.97. The van der Waals surface area contributed by atoms with Gasteiger partial charge in [-0.2, -0.15) is 0 Å². The molecule has 2 aromatic carbocycles. The number of carboxylic acids is 1. The normalized spacial score (nSPS) is 12.4. The molecule has 0 aliphatic carbocycles. The van der Waals surface area contributed by atoms with E-state index in [1.807, 2.05) is 42.5 Å². The van der Waals surface area contributed by atoms with Crippen LogP contribution in [-0.4, -0.2) is 16.1 Å². The van der Waals surface area contributed by atoms with E-state index in [0.29, 0.717) is 5.69 Å². The minimum atomic E-state index is -1.07. The molecule has 1 unspecified atom stereocenters. The third kappa shape index (κ3) is 2.17. The highest BCUT2D eigenvalue weighted by Gasteiger charge is 2.18. The van der Waals surface area contributed by atoms with Gasteiger partial charge in [-0.3, -0.25) is 4.79 Å². The summed E-state index contributed by atoms with van der Waals surface area (Å²) in [5, 5.41) is 13.6. The predicted octanol–water partition coefficient (Wildman–Crippen LogP) is 3.05. The van der Waals surface area contributed by atoms with Crippen molar-refractivity contribution in [3.63, 3.8) is 0 Å². The summed E-state index contributed by atoms with van der Waals surface area (Å²) in [6.07, 6.45) is 0. The van der Waals surface area contributed by atoms with E-state index in [9.17, 15) is 4.79 Å². The molecule has 1 atom stereocenters. The van der Waals surface area contributed by atoms with Crippen LogP contribution in [0, 0.1) is 0 Å². The summed E-state index contributed by atoms with van der Waals surface area (Å²) in [7, 11) is 0. The number of rotatable bonds is 3. The van der Waals surface area contributed by atoms with E-state index >= 15 is 0 Å². The van der Waals surface area contributed by atoms with Crippen molar-refractivity contribution >= 4 is 28.1 Å². The van der Waals surface area contributed by atoms with Crippen molar-refractivity contribution in [1.29, 1.82) is 0 Å². The smallest absolute Gasteiger partial charge is 0.326 e. The molecule has 0 aliphatic heterocycles. The zero-order chi connectivity index (χ0) is 14.1. The predicted molar refractivity (Wildman–Crippen MR) is 79.6 cm³/mol. The maximum Gasteiger partial charge on any atom is 0.326 e. The molecular formula is C15H12N2O2S. The molecule has 0 saturated carbocycles. The fraction of sp³-hybridized carbons (Fsp3) is 0.0667. The first-order chi connectivity index (χ1) is 9.66. The van der Waals surface area contributed by atoms with Crippen molar-refractivity contribution in [3.8, 4) is 10.6 Å². The highest BCUT2D eigenvalue weighted by Crippen LogP contribution is 2.31. The maximum absolute atomic E-state index is 10.9. The molecule has 0 saturated heterocycles. The third-order valence-electron chi connectivity index (χ3n) is 3.13. The van der Waals surface area contributed by atoms with Gasteiger partial charge in [-0.05, 0) is 10.8 Å². The Kier molecular flexibility index (Phi) is 3.22. The molecule has 1 heterocycles. The Morgan fingerprint density at radius 2 is 1.95 bits per heavy atom. The van der Waals surface area contributed by atoms with Crippen molar-refractivity contribution in [1.82, 2.24) is 4.98 Å². The number of carbonyl (C=O) groups is 1. The standard InChI is InChI=1S/C15H12N2O2S/c16-13(15(18)19)12-8-20-14(17-12)11-7-3-5-9-4-1-2-6-10(9)11/h1-8,13H,16H2,(H,18,19). The Labute approximate surface area is 119 Å². The molecule has 3 N–H and O–H groups in total. The molecule has 0 spiro atoms. The van der Waals surface area contributed by atoms with Gasteiger partial charge in [0, 0.05) is 10.9 Å². The second-order valence-corrected chi connectivity index (χ2v) is 5.28. The number of nitrogens with zero attached hydrogens (tertiary/aromatic N) is 1. The Hall–Kier alpha value is -2.24. The van der Waals surface area contributed by atoms with E-state index in [0.717, 1.165) is 21.3 Å². The van der Waals surface area contributed by atoms with Crippen LogP contribution in [0.3, 0.4) is 0 Å². The van der Waals surface area contributed by atoms with Crippen LogP contribution >= 0.6 is 11.3 Å². The van der Waals surface area contributed by atoms with Crippen LogP contribution in [-0.2, 0) is 4.79 Å². The van der Waals surface area contributed by atoms with E-state index < -0.39 is 12.0 Å². The number of benzene rings is 2. The van der Waals surface area contributed by atoms with Crippen molar-refractivity contribution in [3.05, 3.63) is 53.5 Å². The molecule has 0 radical (unpaired) electrons. The average Bonchev–Trinajstić information content (AvgIpc) is 2.95. The molecule has 5 heteroatoms. The van der Waals surface area contributed by atoms with Gasteiger partial charge in [0.1, 0.15) is 11.0 Å². The first-order valence-electron chi connectivity index (χ1n) is 6.09. The Balaban J connectivity index is 2.10. The second-order valence-electron chi connectivity index (χ2n) is 4.42. The van der Waals surface area contributed by atoms with Gasteiger partial charge < -0.3 is 10.8 Å². The lowest BCUT2D eigenvalue weighted by Gasteiger charge is -2.04. The number of aromatic nitrogens is 1. The number of hydrogen-bond acceptors (Lipinski definition) is 4. The van der Waals surface area contributed by atoms with E-state index in [1.54, 1.807) is 5.38 Å². The summed E-state index contributed by atoms with van der Waals surface area (Å²) in [5.74, 6) is -1.07. The largest absolute Gasteiger partial charge is 0.480 e. The lowest BCUT2D eigenvalue weighted by molar-refractivity contribution is -0.138. The van der Waals surface area contributed by atoms with Gasteiger partial charge in [-0.1, -0.05) is 42.5 Å². The molecule has 1 aromatic heterocycles. The van der Waals surface area contributed by atoms with Crippen LogP contribution in [0.5, 0.6) is 0 Å². The quantitative estimate of drug-likeness (QED) is 0.775. The summed E-state index contributed by atoms with van der Waals surface area (Å²) in [6.45, 7) is 0. The van der Waals surface area contributed by atoms with E-state index in [2.05, 4.69) is 4.98 Å². The molecule has 3 aromatic rings. The summed E-state index contributed by atoms with van der Waals surface area (Å²) in [6, 6.07) is 12.9. The number of carboxylic acid groups (broad SMARTS) is 1. The monoisotopic (exact) mass is 284 g/mol. The highest BCUT2D eigenvalue weighted by atomic mass is 32.1. The fourth-order valence-corrected chi connectivity index (χ4v) is 2.99. The topological polar surface area (TPSA) is 76.2 Å². The molecule has 100 valence electrons. The van der Waals surface area contributed by atoms with Crippen LogP contribution < -0.4 is 5.73 Å². The van der Waals surface area contributed by atoms with Gasteiger partial charge in [0.2, 0.25) is 0 Å². The van der Waals surface area contributed by atoms with Crippen molar-refractivity contribution < 1.29 is 9.90 Å². The number of thiazole rings is 1. The van der Waals surface area contributed by atoms with Gasteiger partial charge >= 0.3 is 5.97 Å². The van der Waals surface area contributed by atoms with Crippen LogP contribution in [0.15, 0.2) is 47.8 Å². The molecular weight excluding hydrogens is 272 g/mol. The van der Waals surface area contributed by atoms with Gasteiger partial charge in [-0.25, -0.2) is 4.98 Å². The third-order valence-corrected chi connectivity index (χ3v) is 4.02. The van der Waals surface area contributed by atoms with E-state index in [4.69, 9.17) is 10.8 Å². The van der Waals surface area contributed by atoms with E-state index in [1.165, 1.54) is 11.3 Å². The zero-order valence-electron chi connectivity index (χ0n) is 10.5. The van der Waals surface area contributed by atoms with Crippen molar-refractivity contribution in [2.45, 2.75) is 6.04 Å². The SMILES string of the molecule is NC(C(=O)O)c1csc(-c2cccc3ccccc23)n1. The summed E-state index contributed by atoms with van der Waals surface area (Å²) in [4.78, 5) is 15.3.